The highest BCUT2D eigenvalue weighted by Crippen LogP contribution is 2.06. The molecule has 1 atom stereocenters. The molecule has 0 saturated heterocycles. The minimum Gasteiger partial charge on any atom is -0.478 e. The van der Waals surface area contributed by atoms with Gasteiger partial charge in [-0.05, 0) is 31.0 Å². The molecule has 0 aliphatic heterocycles. The number of carboxylic acids is 1. The molecule has 0 heterocycles. The second kappa shape index (κ2) is 5.62. The van der Waals surface area contributed by atoms with Crippen LogP contribution in [0.2, 0.25) is 0 Å². The quantitative estimate of drug-likeness (QED) is 0.807. The first-order valence-electron chi connectivity index (χ1n) is 4.17. The van der Waals surface area contributed by atoms with Gasteiger partial charge < -0.3 is 10.8 Å². The topological polar surface area (TPSA) is 63.3 Å². The molecule has 0 bridgehead atoms. The van der Waals surface area contributed by atoms with E-state index in [1.54, 1.807) is 18.2 Å². The van der Waals surface area contributed by atoms with Gasteiger partial charge in [-0.15, -0.1) is 12.4 Å². The van der Waals surface area contributed by atoms with Gasteiger partial charge >= 0.3 is 5.97 Å². The Morgan fingerprint density at radius 2 is 2.21 bits per heavy atom. The first-order valence-corrected chi connectivity index (χ1v) is 4.17. The molecule has 0 amide bonds. The third-order valence-corrected chi connectivity index (χ3v) is 1.73. The molecule has 4 heteroatoms. The molecule has 78 valence electrons. The average Bonchev–Trinajstić information content (AvgIpc) is 2.03. The summed E-state index contributed by atoms with van der Waals surface area (Å²) in [4.78, 5) is 10.6. The van der Waals surface area contributed by atoms with Crippen molar-refractivity contribution >= 4 is 18.4 Å². The molecule has 0 aromatic heterocycles. The highest BCUT2D eigenvalue weighted by molar-refractivity contribution is 5.87. The Bertz CT molecular complexity index is 313. The molecule has 0 aliphatic carbocycles. The molecular formula is C10H14ClNO2. The summed E-state index contributed by atoms with van der Waals surface area (Å²) in [5, 5.41) is 8.71. The van der Waals surface area contributed by atoms with Crippen LogP contribution in [0, 0.1) is 0 Å². The van der Waals surface area contributed by atoms with Crippen molar-refractivity contribution in [2.45, 2.75) is 19.4 Å². The summed E-state index contributed by atoms with van der Waals surface area (Å²) in [5.74, 6) is -0.897. The summed E-state index contributed by atoms with van der Waals surface area (Å²) in [6.45, 7) is 1.90. The number of halogens is 1. The van der Waals surface area contributed by atoms with Gasteiger partial charge in [0.05, 0.1) is 5.56 Å². The van der Waals surface area contributed by atoms with Crippen LogP contribution in [0.15, 0.2) is 24.3 Å². The van der Waals surface area contributed by atoms with Crippen molar-refractivity contribution in [1.82, 2.24) is 0 Å². The van der Waals surface area contributed by atoms with E-state index < -0.39 is 5.97 Å². The number of carboxylic acid groups (broad SMARTS) is 1. The maximum absolute atomic E-state index is 10.6. The van der Waals surface area contributed by atoms with Crippen LogP contribution < -0.4 is 5.73 Å². The maximum atomic E-state index is 10.6. The number of benzene rings is 1. The van der Waals surface area contributed by atoms with Gasteiger partial charge in [-0.2, -0.15) is 0 Å². The smallest absolute Gasteiger partial charge is 0.335 e. The van der Waals surface area contributed by atoms with Crippen molar-refractivity contribution in [3.8, 4) is 0 Å². The lowest BCUT2D eigenvalue weighted by atomic mass is 10.1. The molecule has 3 nitrogen and oxygen atoms in total. The Morgan fingerprint density at radius 3 is 2.71 bits per heavy atom. The Balaban J connectivity index is 0.00000169. The summed E-state index contributed by atoms with van der Waals surface area (Å²) in [7, 11) is 0. The molecule has 0 aliphatic rings. The standard InChI is InChI=1S/C10H13NO2.ClH/c1-7(11)5-8-3-2-4-9(6-8)10(12)13;/h2-4,6-7H,5,11H2,1H3,(H,12,13);1H. The van der Waals surface area contributed by atoms with Crippen molar-refractivity contribution in [2.24, 2.45) is 5.73 Å². The molecule has 0 saturated carbocycles. The van der Waals surface area contributed by atoms with Gasteiger partial charge in [0.15, 0.2) is 0 Å². The minimum absolute atomic E-state index is 0. The zero-order valence-corrected chi connectivity index (χ0v) is 8.75. The Kier molecular flexibility index (Phi) is 5.20. The van der Waals surface area contributed by atoms with E-state index in [4.69, 9.17) is 10.8 Å². The zero-order chi connectivity index (χ0) is 9.84. The fraction of sp³-hybridized carbons (Fsp3) is 0.300. The molecule has 1 aromatic carbocycles. The molecule has 1 unspecified atom stereocenters. The lowest BCUT2D eigenvalue weighted by Crippen LogP contribution is -2.17. The van der Waals surface area contributed by atoms with Crippen LogP contribution in [0.3, 0.4) is 0 Å². The summed E-state index contributed by atoms with van der Waals surface area (Å²) < 4.78 is 0. The highest BCUT2D eigenvalue weighted by Gasteiger charge is 2.03. The second-order valence-corrected chi connectivity index (χ2v) is 3.19. The lowest BCUT2D eigenvalue weighted by molar-refractivity contribution is 0.0696. The molecule has 0 spiro atoms. The minimum atomic E-state index is -0.897. The number of rotatable bonds is 3. The zero-order valence-electron chi connectivity index (χ0n) is 7.93. The van der Waals surface area contributed by atoms with Crippen LogP contribution in [0.5, 0.6) is 0 Å². The monoisotopic (exact) mass is 215 g/mol. The van der Waals surface area contributed by atoms with E-state index in [0.29, 0.717) is 12.0 Å². The van der Waals surface area contributed by atoms with Gasteiger partial charge in [-0.1, -0.05) is 12.1 Å². The van der Waals surface area contributed by atoms with Crippen LogP contribution in [0.4, 0.5) is 0 Å². The Labute approximate surface area is 89.3 Å². The van der Waals surface area contributed by atoms with Crippen LogP contribution in [-0.4, -0.2) is 17.1 Å². The van der Waals surface area contributed by atoms with E-state index in [1.165, 1.54) is 0 Å². The number of carbonyl (C=O) groups is 1. The van der Waals surface area contributed by atoms with E-state index >= 15 is 0 Å². The SMILES string of the molecule is CC(N)Cc1cccc(C(=O)O)c1.Cl. The third kappa shape index (κ3) is 3.77. The van der Waals surface area contributed by atoms with Crippen molar-refractivity contribution < 1.29 is 9.90 Å². The number of nitrogens with two attached hydrogens (primary N) is 1. The second-order valence-electron chi connectivity index (χ2n) is 3.19. The molecule has 1 aromatic rings. The van der Waals surface area contributed by atoms with Crippen LogP contribution in [0.1, 0.15) is 22.8 Å². The fourth-order valence-corrected chi connectivity index (χ4v) is 1.20. The summed E-state index contributed by atoms with van der Waals surface area (Å²) >= 11 is 0. The normalized spacial score (nSPS) is 11.6. The molecule has 3 N–H and O–H groups in total. The maximum Gasteiger partial charge on any atom is 0.335 e. The molecule has 0 radical (unpaired) electrons. The number of hydrogen-bond acceptors (Lipinski definition) is 2. The van der Waals surface area contributed by atoms with Crippen LogP contribution in [-0.2, 0) is 6.42 Å². The van der Waals surface area contributed by atoms with Gasteiger partial charge in [-0.3, -0.25) is 0 Å². The lowest BCUT2D eigenvalue weighted by Gasteiger charge is -2.05. The third-order valence-electron chi connectivity index (χ3n) is 1.73. The van der Waals surface area contributed by atoms with Gasteiger partial charge in [0.25, 0.3) is 0 Å². The fourth-order valence-electron chi connectivity index (χ4n) is 1.20. The van der Waals surface area contributed by atoms with Gasteiger partial charge in [0.2, 0.25) is 0 Å². The summed E-state index contributed by atoms with van der Waals surface area (Å²) in [5.41, 5.74) is 6.89. The largest absolute Gasteiger partial charge is 0.478 e. The van der Waals surface area contributed by atoms with E-state index in [9.17, 15) is 4.79 Å². The van der Waals surface area contributed by atoms with Gasteiger partial charge in [0.1, 0.15) is 0 Å². The first-order chi connectivity index (χ1) is 6.09. The van der Waals surface area contributed by atoms with Crippen LogP contribution in [0.25, 0.3) is 0 Å². The number of hydrogen-bond donors (Lipinski definition) is 2. The molecule has 14 heavy (non-hydrogen) atoms. The van der Waals surface area contributed by atoms with E-state index in [2.05, 4.69) is 0 Å². The number of aromatic carboxylic acids is 1. The van der Waals surface area contributed by atoms with Gasteiger partial charge in [-0.25, -0.2) is 4.79 Å². The van der Waals surface area contributed by atoms with Crippen molar-refractivity contribution in [2.75, 3.05) is 0 Å². The van der Waals surface area contributed by atoms with E-state index in [1.807, 2.05) is 13.0 Å². The van der Waals surface area contributed by atoms with Crippen LogP contribution >= 0.6 is 12.4 Å². The predicted octanol–water partition coefficient (Wildman–Crippen LogP) is 1.70. The van der Waals surface area contributed by atoms with E-state index in [0.717, 1.165) is 5.56 Å². The summed E-state index contributed by atoms with van der Waals surface area (Å²) in [6, 6.07) is 6.92. The Morgan fingerprint density at radius 1 is 1.57 bits per heavy atom. The average molecular weight is 216 g/mol. The highest BCUT2D eigenvalue weighted by atomic mass is 35.5. The van der Waals surface area contributed by atoms with Crippen molar-refractivity contribution in [3.05, 3.63) is 35.4 Å². The molecule has 1 rings (SSSR count). The summed E-state index contributed by atoms with van der Waals surface area (Å²) in [6.07, 6.45) is 0.709. The van der Waals surface area contributed by atoms with Crippen molar-refractivity contribution in [3.63, 3.8) is 0 Å². The van der Waals surface area contributed by atoms with Gasteiger partial charge in [0, 0.05) is 6.04 Å². The van der Waals surface area contributed by atoms with E-state index in [-0.39, 0.29) is 18.4 Å². The molecule has 0 fully saturated rings. The molecular weight excluding hydrogens is 202 g/mol. The van der Waals surface area contributed by atoms with Crippen molar-refractivity contribution in [1.29, 1.82) is 0 Å². The predicted molar refractivity (Wildman–Crippen MR) is 58.0 cm³/mol. The first kappa shape index (κ1) is 12.9. The Hall–Kier alpha value is -1.06.